The standard InChI is InChI=1S/C8H8N2OS2/c1-4-6(11)10-8-9-5(2)7(12-3)13-8/h1H,2-3H3,(H,9,10,11). The molecule has 1 amide bonds. The van der Waals surface area contributed by atoms with Gasteiger partial charge >= 0.3 is 5.91 Å². The summed E-state index contributed by atoms with van der Waals surface area (Å²) in [6.07, 6.45) is 6.87. The van der Waals surface area contributed by atoms with Crippen molar-refractivity contribution in [3.8, 4) is 12.3 Å². The first-order valence-corrected chi connectivity index (χ1v) is 5.50. The first-order chi connectivity index (χ1) is 6.17. The van der Waals surface area contributed by atoms with Gasteiger partial charge in [0, 0.05) is 0 Å². The van der Waals surface area contributed by atoms with E-state index in [1.54, 1.807) is 11.8 Å². The number of nitrogens with one attached hydrogen (secondary N) is 1. The molecule has 0 radical (unpaired) electrons. The Morgan fingerprint density at radius 3 is 2.92 bits per heavy atom. The molecular weight excluding hydrogens is 204 g/mol. The van der Waals surface area contributed by atoms with E-state index in [4.69, 9.17) is 6.42 Å². The summed E-state index contributed by atoms with van der Waals surface area (Å²) < 4.78 is 1.09. The minimum absolute atomic E-state index is 0.457. The Morgan fingerprint density at radius 2 is 2.46 bits per heavy atom. The highest BCUT2D eigenvalue weighted by Gasteiger charge is 2.07. The second kappa shape index (κ2) is 4.30. The molecule has 5 heteroatoms. The van der Waals surface area contributed by atoms with E-state index in [2.05, 4.69) is 10.3 Å². The van der Waals surface area contributed by atoms with Crippen molar-refractivity contribution in [3.05, 3.63) is 5.69 Å². The number of nitrogens with zero attached hydrogens (tertiary/aromatic N) is 1. The van der Waals surface area contributed by atoms with Crippen LogP contribution in [0.2, 0.25) is 0 Å². The topological polar surface area (TPSA) is 42.0 Å². The number of aryl methyl sites for hydroxylation is 1. The van der Waals surface area contributed by atoms with Gasteiger partial charge in [-0.15, -0.1) is 18.2 Å². The number of rotatable bonds is 2. The van der Waals surface area contributed by atoms with Gasteiger partial charge in [-0.05, 0) is 19.1 Å². The molecule has 0 aliphatic heterocycles. The average Bonchev–Trinajstić information content (AvgIpc) is 2.46. The van der Waals surface area contributed by atoms with E-state index in [-0.39, 0.29) is 0 Å². The molecule has 0 aliphatic rings. The molecule has 3 nitrogen and oxygen atoms in total. The highest BCUT2D eigenvalue weighted by atomic mass is 32.2. The van der Waals surface area contributed by atoms with Gasteiger partial charge in [-0.25, -0.2) is 4.98 Å². The van der Waals surface area contributed by atoms with Crippen molar-refractivity contribution < 1.29 is 4.79 Å². The van der Waals surface area contributed by atoms with E-state index >= 15 is 0 Å². The fourth-order valence-corrected chi connectivity index (χ4v) is 2.36. The zero-order valence-corrected chi connectivity index (χ0v) is 8.88. The van der Waals surface area contributed by atoms with E-state index in [0.29, 0.717) is 5.13 Å². The summed E-state index contributed by atoms with van der Waals surface area (Å²) in [5, 5.41) is 3.07. The molecule has 0 unspecified atom stereocenters. The van der Waals surface area contributed by atoms with Crippen LogP contribution in [0.3, 0.4) is 0 Å². The van der Waals surface area contributed by atoms with Crippen LogP contribution < -0.4 is 5.32 Å². The van der Waals surface area contributed by atoms with Crippen LogP contribution in [-0.4, -0.2) is 17.1 Å². The maximum absolute atomic E-state index is 10.8. The number of carbonyl (C=O) groups is 1. The van der Waals surface area contributed by atoms with E-state index in [9.17, 15) is 4.79 Å². The molecule has 0 saturated carbocycles. The molecule has 1 heterocycles. The van der Waals surface area contributed by atoms with Gasteiger partial charge in [-0.1, -0.05) is 11.3 Å². The Bertz CT molecular complexity index is 365. The number of thioether (sulfide) groups is 1. The third kappa shape index (κ3) is 2.47. The van der Waals surface area contributed by atoms with Crippen LogP contribution in [0.4, 0.5) is 5.13 Å². The van der Waals surface area contributed by atoms with Crippen LogP contribution in [0.25, 0.3) is 0 Å². The fourth-order valence-electron chi connectivity index (χ4n) is 0.758. The third-order valence-electron chi connectivity index (χ3n) is 1.29. The van der Waals surface area contributed by atoms with Crippen molar-refractivity contribution in [2.45, 2.75) is 11.1 Å². The number of hydrogen-bond donors (Lipinski definition) is 1. The van der Waals surface area contributed by atoms with Crippen molar-refractivity contribution >= 4 is 34.1 Å². The van der Waals surface area contributed by atoms with Gasteiger partial charge in [0.1, 0.15) is 0 Å². The van der Waals surface area contributed by atoms with Crippen LogP contribution in [-0.2, 0) is 4.79 Å². The molecule has 68 valence electrons. The Hall–Kier alpha value is -0.990. The molecule has 0 aromatic carbocycles. The molecule has 13 heavy (non-hydrogen) atoms. The van der Waals surface area contributed by atoms with E-state index in [1.807, 2.05) is 19.1 Å². The van der Waals surface area contributed by atoms with Crippen LogP contribution in [0.15, 0.2) is 4.21 Å². The maximum Gasteiger partial charge on any atom is 0.301 e. The lowest BCUT2D eigenvalue weighted by atomic mass is 10.6. The minimum atomic E-state index is -0.457. The van der Waals surface area contributed by atoms with Crippen LogP contribution >= 0.6 is 23.1 Å². The highest BCUT2D eigenvalue weighted by molar-refractivity contribution is 8.00. The summed E-state index contributed by atoms with van der Waals surface area (Å²) in [7, 11) is 0. The zero-order chi connectivity index (χ0) is 9.84. The van der Waals surface area contributed by atoms with Crippen molar-refractivity contribution in [1.82, 2.24) is 4.98 Å². The quantitative estimate of drug-likeness (QED) is 0.600. The molecule has 0 aliphatic carbocycles. The number of anilines is 1. The minimum Gasteiger partial charge on any atom is -0.291 e. The predicted octanol–water partition coefficient (Wildman–Crippen LogP) is 1.75. The van der Waals surface area contributed by atoms with Gasteiger partial charge in [0.25, 0.3) is 0 Å². The summed E-state index contributed by atoms with van der Waals surface area (Å²) in [6.45, 7) is 1.90. The molecule has 1 aromatic rings. The van der Waals surface area contributed by atoms with Crippen molar-refractivity contribution in [2.75, 3.05) is 11.6 Å². The first-order valence-electron chi connectivity index (χ1n) is 3.46. The maximum atomic E-state index is 10.8. The molecular formula is C8H8N2OS2. The monoisotopic (exact) mass is 212 g/mol. The zero-order valence-electron chi connectivity index (χ0n) is 7.25. The van der Waals surface area contributed by atoms with Crippen LogP contribution in [0.1, 0.15) is 5.69 Å². The second-order valence-corrected chi connectivity index (χ2v) is 4.27. The van der Waals surface area contributed by atoms with Gasteiger partial charge in [-0.2, -0.15) is 0 Å². The summed E-state index contributed by atoms with van der Waals surface area (Å²) in [4.78, 5) is 14.9. The molecule has 0 saturated heterocycles. The highest BCUT2D eigenvalue weighted by Crippen LogP contribution is 2.29. The first kappa shape index (κ1) is 10.1. The summed E-state index contributed by atoms with van der Waals surface area (Å²) in [5.74, 6) is 1.51. The summed E-state index contributed by atoms with van der Waals surface area (Å²) in [5.41, 5.74) is 0.921. The Labute approximate surface area is 84.9 Å². The van der Waals surface area contributed by atoms with Gasteiger partial charge in [-0.3, -0.25) is 10.1 Å². The lowest BCUT2D eigenvalue weighted by Gasteiger charge is -1.90. The average molecular weight is 212 g/mol. The molecule has 1 N–H and O–H groups in total. The Kier molecular flexibility index (Phi) is 3.34. The molecule has 0 atom stereocenters. The van der Waals surface area contributed by atoms with Gasteiger partial charge in [0.2, 0.25) is 0 Å². The van der Waals surface area contributed by atoms with Crippen LogP contribution in [0, 0.1) is 19.3 Å². The van der Waals surface area contributed by atoms with Crippen LogP contribution in [0.5, 0.6) is 0 Å². The van der Waals surface area contributed by atoms with Gasteiger partial charge in [0.05, 0.1) is 9.90 Å². The molecule has 1 rings (SSSR count). The van der Waals surface area contributed by atoms with E-state index in [1.165, 1.54) is 11.3 Å². The third-order valence-corrected chi connectivity index (χ3v) is 3.57. The second-order valence-electron chi connectivity index (χ2n) is 2.19. The Balaban J connectivity index is 2.80. The van der Waals surface area contributed by atoms with Crippen molar-refractivity contribution in [1.29, 1.82) is 0 Å². The lowest BCUT2D eigenvalue weighted by Crippen LogP contribution is -2.07. The Morgan fingerprint density at radius 1 is 1.77 bits per heavy atom. The SMILES string of the molecule is C#CC(=O)Nc1nc(C)c(SC)s1. The van der Waals surface area contributed by atoms with E-state index in [0.717, 1.165) is 9.90 Å². The number of amides is 1. The number of terminal acetylenes is 1. The normalized spacial score (nSPS) is 9.31. The van der Waals surface area contributed by atoms with Crippen molar-refractivity contribution in [2.24, 2.45) is 0 Å². The molecule has 1 aromatic heterocycles. The largest absolute Gasteiger partial charge is 0.301 e. The molecule has 0 fully saturated rings. The fraction of sp³-hybridized carbons (Fsp3) is 0.250. The van der Waals surface area contributed by atoms with Gasteiger partial charge < -0.3 is 0 Å². The van der Waals surface area contributed by atoms with Crippen molar-refractivity contribution in [3.63, 3.8) is 0 Å². The number of thiazole rings is 1. The summed E-state index contributed by atoms with van der Waals surface area (Å²) >= 11 is 3.03. The molecule has 0 bridgehead atoms. The van der Waals surface area contributed by atoms with Gasteiger partial charge in [0.15, 0.2) is 5.13 Å². The number of hydrogen-bond acceptors (Lipinski definition) is 4. The lowest BCUT2D eigenvalue weighted by molar-refractivity contribution is -0.111. The molecule has 0 spiro atoms. The predicted molar refractivity (Wildman–Crippen MR) is 56.1 cm³/mol. The number of aromatic nitrogens is 1. The smallest absolute Gasteiger partial charge is 0.291 e. The summed E-state index contributed by atoms with van der Waals surface area (Å²) in [6, 6.07) is 0. The van der Waals surface area contributed by atoms with E-state index < -0.39 is 5.91 Å². The number of carbonyl (C=O) groups excluding carboxylic acids is 1.